The number of hydrogen-bond acceptors (Lipinski definition) is 2. The van der Waals surface area contributed by atoms with Crippen molar-refractivity contribution in [3.8, 4) is 0 Å². The van der Waals surface area contributed by atoms with E-state index in [-0.39, 0.29) is 17.8 Å². The van der Waals surface area contributed by atoms with Gasteiger partial charge in [0, 0.05) is 30.0 Å². The van der Waals surface area contributed by atoms with Crippen LogP contribution in [0, 0.1) is 5.82 Å². The van der Waals surface area contributed by atoms with Crippen LogP contribution in [0.1, 0.15) is 12.0 Å². The highest BCUT2D eigenvalue weighted by molar-refractivity contribution is 9.10. The predicted octanol–water partition coefficient (Wildman–Crippen LogP) is 1.57. The summed E-state index contributed by atoms with van der Waals surface area (Å²) in [5, 5.41) is 6.01. The molecule has 1 aromatic rings. The zero-order valence-electron chi connectivity index (χ0n) is 8.59. The molecule has 0 radical (unpaired) electrons. The monoisotopic (exact) mass is 286 g/mol. The van der Waals surface area contributed by atoms with Gasteiger partial charge in [-0.2, -0.15) is 0 Å². The van der Waals surface area contributed by atoms with E-state index in [2.05, 4.69) is 26.6 Å². The van der Waals surface area contributed by atoms with E-state index in [0.29, 0.717) is 19.5 Å². The maximum absolute atomic E-state index is 12.8. The Balaban J connectivity index is 1.92. The van der Waals surface area contributed by atoms with Crippen molar-refractivity contribution < 1.29 is 9.18 Å². The number of nitrogens with one attached hydrogen (secondary N) is 2. The molecule has 2 N–H and O–H groups in total. The van der Waals surface area contributed by atoms with Gasteiger partial charge in [0.1, 0.15) is 5.82 Å². The summed E-state index contributed by atoms with van der Waals surface area (Å²) in [6.45, 7) is 1.29. The maximum Gasteiger partial charge on any atom is 0.221 e. The van der Waals surface area contributed by atoms with Crippen LogP contribution in [0.4, 0.5) is 4.39 Å². The molecule has 1 unspecified atom stereocenters. The van der Waals surface area contributed by atoms with Gasteiger partial charge in [-0.15, -0.1) is 0 Å². The first-order valence-corrected chi connectivity index (χ1v) is 5.88. The highest BCUT2D eigenvalue weighted by Gasteiger charge is 2.20. The van der Waals surface area contributed by atoms with Crippen LogP contribution in [-0.4, -0.2) is 18.5 Å². The number of benzene rings is 1. The van der Waals surface area contributed by atoms with Crippen molar-refractivity contribution in [3.05, 3.63) is 34.1 Å². The van der Waals surface area contributed by atoms with Gasteiger partial charge >= 0.3 is 0 Å². The molecule has 1 fully saturated rings. The average Bonchev–Trinajstić information content (AvgIpc) is 2.63. The largest absolute Gasteiger partial charge is 0.354 e. The Morgan fingerprint density at radius 1 is 1.56 bits per heavy atom. The van der Waals surface area contributed by atoms with E-state index in [0.717, 1.165) is 10.0 Å². The van der Waals surface area contributed by atoms with E-state index in [1.807, 2.05) is 0 Å². The lowest BCUT2D eigenvalue weighted by atomic mass is 10.2. The van der Waals surface area contributed by atoms with Crippen molar-refractivity contribution in [1.82, 2.24) is 10.6 Å². The van der Waals surface area contributed by atoms with Crippen LogP contribution in [0.15, 0.2) is 22.7 Å². The van der Waals surface area contributed by atoms with E-state index < -0.39 is 0 Å². The van der Waals surface area contributed by atoms with Crippen LogP contribution in [0.25, 0.3) is 0 Å². The Labute approximate surface area is 102 Å². The minimum Gasteiger partial charge on any atom is -0.354 e. The Morgan fingerprint density at radius 3 is 3.00 bits per heavy atom. The molecule has 1 atom stereocenters. The molecule has 3 nitrogen and oxygen atoms in total. The summed E-state index contributed by atoms with van der Waals surface area (Å²) in [4.78, 5) is 11.0. The van der Waals surface area contributed by atoms with E-state index in [1.54, 1.807) is 6.07 Å². The van der Waals surface area contributed by atoms with Gasteiger partial charge in [0.25, 0.3) is 0 Å². The lowest BCUT2D eigenvalue weighted by Gasteiger charge is -2.11. The number of halogens is 2. The highest BCUT2D eigenvalue weighted by atomic mass is 79.9. The average molecular weight is 287 g/mol. The molecule has 1 aliphatic heterocycles. The Morgan fingerprint density at radius 2 is 2.38 bits per heavy atom. The molecule has 1 heterocycles. The fourth-order valence-electron chi connectivity index (χ4n) is 1.67. The smallest absolute Gasteiger partial charge is 0.221 e. The summed E-state index contributed by atoms with van der Waals surface area (Å²) >= 11 is 3.31. The Kier molecular flexibility index (Phi) is 3.56. The van der Waals surface area contributed by atoms with Crippen LogP contribution < -0.4 is 10.6 Å². The van der Waals surface area contributed by atoms with Crippen LogP contribution >= 0.6 is 15.9 Å². The van der Waals surface area contributed by atoms with E-state index in [4.69, 9.17) is 0 Å². The van der Waals surface area contributed by atoms with Crippen molar-refractivity contribution in [2.75, 3.05) is 6.54 Å². The first-order valence-electron chi connectivity index (χ1n) is 5.09. The number of carbonyl (C=O) groups is 1. The van der Waals surface area contributed by atoms with Crippen molar-refractivity contribution >= 4 is 21.8 Å². The lowest BCUT2D eigenvalue weighted by molar-refractivity contribution is -0.119. The van der Waals surface area contributed by atoms with E-state index >= 15 is 0 Å². The SMILES string of the molecule is O=C1CC(NCc2ccc(F)cc2Br)CN1. The van der Waals surface area contributed by atoms with Crippen LogP contribution in [0.2, 0.25) is 0 Å². The van der Waals surface area contributed by atoms with Gasteiger partial charge in [-0.1, -0.05) is 22.0 Å². The van der Waals surface area contributed by atoms with Crippen molar-refractivity contribution in [2.45, 2.75) is 19.0 Å². The summed E-state index contributed by atoms with van der Waals surface area (Å²) in [6.07, 6.45) is 0.513. The summed E-state index contributed by atoms with van der Waals surface area (Å²) in [7, 11) is 0. The van der Waals surface area contributed by atoms with Gasteiger partial charge in [-0.05, 0) is 17.7 Å². The fraction of sp³-hybridized carbons (Fsp3) is 0.364. The third kappa shape index (κ3) is 2.80. The zero-order valence-corrected chi connectivity index (χ0v) is 10.2. The summed E-state index contributed by atoms with van der Waals surface area (Å²) in [6, 6.07) is 4.77. The number of rotatable bonds is 3. The third-order valence-electron chi connectivity index (χ3n) is 2.57. The fourth-order valence-corrected chi connectivity index (χ4v) is 2.16. The van der Waals surface area contributed by atoms with Gasteiger partial charge in [0.05, 0.1) is 0 Å². The molecule has 0 bridgehead atoms. The molecule has 16 heavy (non-hydrogen) atoms. The molecule has 1 amide bonds. The number of hydrogen-bond donors (Lipinski definition) is 2. The molecule has 0 aliphatic carbocycles. The topological polar surface area (TPSA) is 41.1 Å². The third-order valence-corrected chi connectivity index (χ3v) is 3.31. The second kappa shape index (κ2) is 4.93. The molecular weight excluding hydrogens is 275 g/mol. The molecule has 1 saturated heterocycles. The van der Waals surface area contributed by atoms with Crippen LogP contribution in [0.3, 0.4) is 0 Å². The lowest BCUT2D eigenvalue weighted by Crippen LogP contribution is -2.30. The molecule has 1 aromatic carbocycles. The van der Waals surface area contributed by atoms with Gasteiger partial charge in [0.15, 0.2) is 0 Å². The zero-order chi connectivity index (χ0) is 11.5. The minimum atomic E-state index is -0.256. The number of carbonyl (C=O) groups excluding carboxylic acids is 1. The summed E-state index contributed by atoms with van der Waals surface area (Å²) in [5.41, 5.74) is 0.987. The van der Waals surface area contributed by atoms with Gasteiger partial charge in [-0.3, -0.25) is 4.79 Å². The maximum atomic E-state index is 12.8. The Hall–Kier alpha value is -0.940. The second-order valence-electron chi connectivity index (χ2n) is 3.82. The molecule has 1 aliphatic rings. The van der Waals surface area contributed by atoms with Crippen molar-refractivity contribution in [2.24, 2.45) is 0 Å². The normalized spacial score (nSPS) is 19.9. The van der Waals surface area contributed by atoms with Crippen molar-refractivity contribution in [1.29, 1.82) is 0 Å². The molecular formula is C11H12BrFN2O. The minimum absolute atomic E-state index is 0.0793. The summed E-state index contributed by atoms with van der Waals surface area (Å²) < 4.78 is 13.6. The first kappa shape index (κ1) is 11.5. The second-order valence-corrected chi connectivity index (χ2v) is 4.68. The van der Waals surface area contributed by atoms with Gasteiger partial charge in [0.2, 0.25) is 5.91 Å². The van der Waals surface area contributed by atoms with Crippen molar-refractivity contribution in [3.63, 3.8) is 0 Å². The molecule has 0 saturated carbocycles. The van der Waals surface area contributed by atoms with Gasteiger partial charge in [-0.25, -0.2) is 4.39 Å². The predicted molar refractivity (Wildman–Crippen MR) is 62.4 cm³/mol. The molecule has 86 valence electrons. The van der Waals surface area contributed by atoms with Crippen LogP contribution in [-0.2, 0) is 11.3 Å². The summed E-state index contributed by atoms with van der Waals surface area (Å²) in [5.74, 6) is -0.177. The quantitative estimate of drug-likeness (QED) is 0.886. The highest BCUT2D eigenvalue weighted by Crippen LogP contribution is 2.18. The number of amides is 1. The molecule has 0 spiro atoms. The molecule has 0 aromatic heterocycles. The Bertz CT molecular complexity index is 411. The van der Waals surface area contributed by atoms with E-state index in [9.17, 15) is 9.18 Å². The van der Waals surface area contributed by atoms with E-state index in [1.165, 1.54) is 12.1 Å². The van der Waals surface area contributed by atoms with Gasteiger partial charge < -0.3 is 10.6 Å². The van der Waals surface area contributed by atoms with Crippen LogP contribution in [0.5, 0.6) is 0 Å². The standard InChI is InChI=1S/C11H12BrFN2O/c12-10-3-8(13)2-1-7(10)5-14-9-4-11(16)15-6-9/h1-3,9,14H,4-6H2,(H,15,16). The molecule has 5 heteroatoms. The first-order chi connectivity index (χ1) is 7.65. The molecule has 2 rings (SSSR count).